The lowest BCUT2D eigenvalue weighted by atomic mass is 10.2. The number of aromatic nitrogens is 2. The molecule has 0 aliphatic heterocycles. The third-order valence-electron chi connectivity index (χ3n) is 4.04. The number of benzene rings is 1. The van der Waals surface area contributed by atoms with Crippen LogP contribution in [0.1, 0.15) is 14.5 Å². The summed E-state index contributed by atoms with van der Waals surface area (Å²) in [6.45, 7) is 0. The summed E-state index contributed by atoms with van der Waals surface area (Å²) in [6.07, 6.45) is 6.41. The van der Waals surface area contributed by atoms with Gasteiger partial charge in [-0.25, -0.2) is 4.98 Å². The van der Waals surface area contributed by atoms with Gasteiger partial charge >= 0.3 is 0 Å². The van der Waals surface area contributed by atoms with E-state index in [-0.39, 0.29) is 5.91 Å². The molecule has 0 unspecified atom stereocenters. The fraction of sp³-hybridized carbons (Fsp3) is 0. The van der Waals surface area contributed by atoms with Gasteiger partial charge in [0, 0.05) is 39.6 Å². The second-order valence-electron chi connectivity index (χ2n) is 6.15. The van der Waals surface area contributed by atoms with Gasteiger partial charge in [0.05, 0.1) is 10.6 Å². The van der Waals surface area contributed by atoms with Crippen LogP contribution in [0.25, 0.3) is 17.3 Å². The van der Waals surface area contributed by atoms with Crippen molar-refractivity contribution in [3.8, 4) is 11.3 Å². The number of nitrogens with one attached hydrogen (secondary N) is 3. The summed E-state index contributed by atoms with van der Waals surface area (Å²) >= 11 is 2.80. The van der Waals surface area contributed by atoms with Gasteiger partial charge < -0.3 is 15.5 Å². The fourth-order valence-corrected chi connectivity index (χ4v) is 4.20. The van der Waals surface area contributed by atoms with E-state index in [1.165, 1.54) is 28.9 Å². The molecule has 3 aromatic heterocycles. The topological polar surface area (TPSA) is 108 Å². The maximum absolute atomic E-state index is 12.5. The third-order valence-corrected chi connectivity index (χ3v) is 5.84. The van der Waals surface area contributed by atoms with Crippen molar-refractivity contribution in [2.45, 2.75) is 0 Å². The minimum absolute atomic E-state index is 0.212. The number of amides is 1. The van der Waals surface area contributed by atoms with Crippen molar-refractivity contribution in [3.63, 3.8) is 0 Å². The standard InChI is InChI=1S/C21H17N5O3S2/c27-20(19-7-6-17(31-19)8-10-29-26-28)23-15-4-1-5-16(11-15)24-21-25-18(13-30-21)14-3-2-9-22-12-14/h1-13,26,28H,(H,23,27)(H,24,25). The van der Waals surface area contributed by atoms with Crippen LogP contribution in [-0.2, 0) is 4.84 Å². The van der Waals surface area contributed by atoms with E-state index in [1.54, 1.807) is 36.2 Å². The van der Waals surface area contributed by atoms with Gasteiger partial charge in [0.2, 0.25) is 0 Å². The van der Waals surface area contributed by atoms with Gasteiger partial charge in [-0.05, 0) is 54.2 Å². The van der Waals surface area contributed by atoms with E-state index in [9.17, 15) is 4.79 Å². The van der Waals surface area contributed by atoms with Crippen molar-refractivity contribution in [1.29, 1.82) is 0 Å². The van der Waals surface area contributed by atoms with Crippen LogP contribution >= 0.6 is 22.7 Å². The maximum Gasteiger partial charge on any atom is 0.265 e. The molecule has 0 aliphatic carbocycles. The van der Waals surface area contributed by atoms with Crippen molar-refractivity contribution >= 4 is 51.2 Å². The smallest absolute Gasteiger partial charge is 0.265 e. The van der Waals surface area contributed by atoms with Crippen molar-refractivity contribution < 1.29 is 14.8 Å². The first-order chi connectivity index (χ1) is 15.2. The highest BCUT2D eigenvalue weighted by molar-refractivity contribution is 7.15. The highest BCUT2D eigenvalue weighted by Gasteiger charge is 2.10. The van der Waals surface area contributed by atoms with Gasteiger partial charge in [-0.1, -0.05) is 6.07 Å². The first-order valence-electron chi connectivity index (χ1n) is 9.07. The van der Waals surface area contributed by atoms with Crippen molar-refractivity contribution in [1.82, 2.24) is 15.6 Å². The van der Waals surface area contributed by atoms with Gasteiger partial charge in [0.15, 0.2) is 5.13 Å². The van der Waals surface area contributed by atoms with Crippen LogP contribution in [0.5, 0.6) is 0 Å². The second-order valence-corrected chi connectivity index (χ2v) is 8.13. The zero-order chi connectivity index (χ0) is 21.5. The molecule has 0 spiro atoms. The monoisotopic (exact) mass is 451 g/mol. The molecule has 0 aliphatic rings. The molecule has 10 heteroatoms. The molecule has 0 saturated carbocycles. The Balaban J connectivity index is 1.41. The molecule has 4 aromatic rings. The van der Waals surface area contributed by atoms with Crippen molar-refractivity contribution in [2.24, 2.45) is 0 Å². The van der Waals surface area contributed by atoms with Crippen LogP contribution in [0, 0.1) is 0 Å². The van der Waals surface area contributed by atoms with E-state index in [0.717, 1.165) is 27.0 Å². The number of carbonyl (C=O) groups is 1. The normalized spacial score (nSPS) is 10.9. The minimum atomic E-state index is -0.212. The Bertz CT molecular complexity index is 1190. The molecule has 1 amide bonds. The average Bonchev–Trinajstić information content (AvgIpc) is 3.45. The number of hydrogen-bond acceptors (Lipinski definition) is 9. The van der Waals surface area contributed by atoms with Crippen LogP contribution < -0.4 is 16.3 Å². The lowest BCUT2D eigenvalue weighted by Gasteiger charge is -2.07. The first-order valence-corrected chi connectivity index (χ1v) is 10.8. The van der Waals surface area contributed by atoms with Gasteiger partial charge in [-0.15, -0.1) is 22.7 Å². The molecule has 0 fully saturated rings. The van der Waals surface area contributed by atoms with E-state index in [4.69, 9.17) is 5.21 Å². The molecular formula is C21H17N5O3S2. The minimum Gasteiger partial charge on any atom is -0.391 e. The van der Waals surface area contributed by atoms with Crippen molar-refractivity contribution in [2.75, 3.05) is 10.6 Å². The largest absolute Gasteiger partial charge is 0.391 e. The molecule has 0 radical (unpaired) electrons. The van der Waals surface area contributed by atoms with Crippen LogP contribution in [0.4, 0.5) is 16.5 Å². The average molecular weight is 452 g/mol. The summed E-state index contributed by atoms with van der Waals surface area (Å²) in [6, 6.07) is 14.8. The molecule has 8 nitrogen and oxygen atoms in total. The predicted molar refractivity (Wildman–Crippen MR) is 122 cm³/mol. The van der Waals surface area contributed by atoms with Gasteiger partial charge in [0.25, 0.3) is 5.91 Å². The summed E-state index contributed by atoms with van der Waals surface area (Å²) < 4.78 is 0. The molecule has 156 valence electrons. The van der Waals surface area contributed by atoms with Crippen molar-refractivity contribution in [3.05, 3.63) is 82.3 Å². The number of rotatable bonds is 8. The van der Waals surface area contributed by atoms with Crippen LogP contribution in [-0.4, -0.2) is 21.1 Å². The Morgan fingerprint density at radius 1 is 1.13 bits per heavy atom. The van der Waals surface area contributed by atoms with Crippen LogP contribution in [0.2, 0.25) is 0 Å². The molecule has 0 saturated heterocycles. The molecule has 4 N–H and O–H groups in total. The molecule has 0 atom stereocenters. The molecule has 31 heavy (non-hydrogen) atoms. The number of nitrogens with zero attached hydrogens (tertiary/aromatic N) is 2. The quantitative estimate of drug-likeness (QED) is 0.217. The fourth-order valence-electron chi connectivity index (χ4n) is 2.66. The number of thiazole rings is 1. The van der Waals surface area contributed by atoms with E-state index in [2.05, 4.69) is 25.4 Å². The highest BCUT2D eigenvalue weighted by Crippen LogP contribution is 2.28. The number of thiophene rings is 1. The highest BCUT2D eigenvalue weighted by atomic mass is 32.1. The Labute approximate surface area is 185 Å². The van der Waals surface area contributed by atoms with E-state index in [0.29, 0.717) is 10.6 Å². The lowest BCUT2D eigenvalue weighted by molar-refractivity contribution is -0.0776. The number of carbonyl (C=O) groups excluding carboxylic acids is 1. The molecule has 1 aromatic carbocycles. The predicted octanol–water partition coefficient (Wildman–Crippen LogP) is 5.14. The molecule has 3 heterocycles. The molecule has 4 rings (SSSR count). The molecule has 0 bridgehead atoms. The number of anilines is 3. The SMILES string of the molecule is O=C(Nc1cccc(Nc2nc(-c3cccnc3)cs2)c1)c1ccc(C=CONO)s1. The summed E-state index contributed by atoms with van der Waals surface area (Å²) in [5.41, 5.74) is 4.85. The second kappa shape index (κ2) is 9.96. The summed E-state index contributed by atoms with van der Waals surface area (Å²) in [7, 11) is 0. The Hall–Kier alpha value is -3.57. The Morgan fingerprint density at radius 3 is 2.87 bits per heavy atom. The third kappa shape index (κ3) is 5.53. The zero-order valence-corrected chi connectivity index (χ0v) is 17.6. The zero-order valence-electron chi connectivity index (χ0n) is 16.0. The number of pyridine rings is 1. The lowest BCUT2D eigenvalue weighted by Crippen LogP contribution is -2.10. The van der Waals surface area contributed by atoms with E-state index >= 15 is 0 Å². The van der Waals surface area contributed by atoms with Crippen LogP contribution in [0.3, 0.4) is 0 Å². The summed E-state index contributed by atoms with van der Waals surface area (Å²) in [5.74, 6) is -0.212. The van der Waals surface area contributed by atoms with E-state index in [1.807, 2.05) is 41.8 Å². The van der Waals surface area contributed by atoms with E-state index < -0.39 is 0 Å². The van der Waals surface area contributed by atoms with Crippen LogP contribution in [0.15, 0.2) is 72.6 Å². The van der Waals surface area contributed by atoms with Gasteiger partial charge in [0.1, 0.15) is 6.26 Å². The van der Waals surface area contributed by atoms with Gasteiger partial charge in [-0.2, -0.15) is 0 Å². The Kier molecular flexibility index (Phi) is 6.65. The Morgan fingerprint density at radius 2 is 2.03 bits per heavy atom. The van der Waals surface area contributed by atoms with Gasteiger partial charge in [-0.3, -0.25) is 15.0 Å². The summed E-state index contributed by atoms with van der Waals surface area (Å²) in [5, 5.41) is 17.3. The maximum atomic E-state index is 12.5. The molecular weight excluding hydrogens is 434 g/mol. The number of hydrogen-bond donors (Lipinski definition) is 4. The summed E-state index contributed by atoms with van der Waals surface area (Å²) in [4.78, 5) is 27.1. The first kappa shape index (κ1) is 20.7.